The van der Waals surface area contributed by atoms with Gasteiger partial charge in [0.1, 0.15) is 6.54 Å². The van der Waals surface area contributed by atoms with Crippen molar-refractivity contribution in [1.29, 1.82) is 0 Å². The van der Waals surface area contributed by atoms with E-state index in [0.717, 1.165) is 30.0 Å². The highest BCUT2D eigenvalue weighted by molar-refractivity contribution is 5.93. The van der Waals surface area contributed by atoms with Gasteiger partial charge in [0, 0.05) is 11.8 Å². The lowest BCUT2D eigenvalue weighted by Crippen LogP contribution is -2.24. The maximum atomic E-state index is 6.04. The number of benzene rings is 1. The topological polar surface area (TPSA) is 76.4 Å². The van der Waals surface area contributed by atoms with Gasteiger partial charge in [-0.25, -0.2) is 4.99 Å². The first-order valence-electron chi connectivity index (χ1n) is 8.18. The number of hydrogen-bond donors (Lipinski definition) is 2. The summed E-state index contributed by atoms with van der Waals surface area (Å²) in [4.78, 5) is 4.36. The molecule has 5 nitrogen and oxygen atoms in total. The van der Waals surface area contributed by atoms with Crippen LogP contribution in [0.1, 0.15) is 56.2 Å². The highest BCUT2D eigenvalue weighted by atomic mass is 16.5. The molecule has 23 heavy (non-hydrogen) atoms. The molecule has 0 fully saturated rings. The van der Waals surface area contributed by atoms with Crippen LogP contribution >= 0.6 is 0 Å². The van der Waals surface area contributed by atoms with Crippen molar-refractivity contribution in [3.63, 3.8) is 0 Å². The highest BCUT2D eigenvalue weighted by Crippen LogP contribution is 2.22. The van der Waals surface area contributed by atoms with Gasteiger partial charge < -0.3 is 15.6 Å². The third-order valence-corrected chi connectivity index (χ3v) is 3.83. The molecular formula is C18H26N4O. The van der Waals surface area contributed by atoms with Crippen LogP contribution in [0.2, 0.25) is 0 Å². The number of aromatic nitrogens is 1. The van der Waals surface area contributed by atoms with Crippen molar-refractivity contribution in [3.05, 3.63) is 46.8 Å². The van der Waals surface area contributed by atoms with Crippen LogP contribution in [0.5, 0.6) is 0 Å². The standard InChI is InChI=1S/C18H26N4O/c1-5-13-8-7-9-14(6-2)17(13)21-18(19)20-11-15-10-16(12(3)4)22-23-15/h7-10,12H,5-6,11H2,1-4H3,(H3,19,20,21). The minimum atomic E-state index is 0.343. The molecule has 1 aromatic heterocycles. The summed E-state index contributed by atoms with van der Waals surface area (Å²) < 4.78 is 5.28. The number of aryl methyl sites for hydroxylation is 2. The second kappa shape index (κ2) is 7.81. The van der Waals surface area contributed by atoms with Gasteiger partial charge in [-0.2, -0.15) is 0 Å². The normalized spacial score (nSPS) is 12.0. The molecule has 0 aliphatic carbocycles. The van der Waals surface area contributed by atoms with Crippen LogP contribution in [0.25, 0.3) is 0 Å². The summed E-state index contributed by atoms with van der Waals surface area (Å²) in [6, 6.07) is 8.23. The summed E-state index contributed by atoms with van der Waals surface area (Å²) in [5, 5.41) is 7.27. The summed E-state index contributed by atoms with van der Waals surface area (Å²) in [6.07, 6.45) is 1.90. The van der Waals surface area contributed by atoms with Crippen LogP contribution in [0.4, 0.5) is 5.69 Å². The molecule has 0 aliphatic heterocycles. The van der Waals surface area contributed by atoms with Crippen molar-refractivity contribution in [2.24, 2.45) is 10.7 Å². The molecule has 2 aromatic rings. The molecule has 0 radical (unpaired) electrons. The Bertz CT molecular complexity index is 651. The molecule has 0 saturated heterocycles. The van der Waals surface area contributed by atoms with Crippen LogP contribution in [0.3, 0.4) is 0 Å². The molecule has 0 atom stereocenters. The Kier molecular flexibility index (Phi) is 5.79. The van der Waals surface area contributed by atoms with Gasteiger partial charge in [-0.1, -0.05) is 51.1 Å². The van der Waals surface area contributed by atoms with E-state index in [1.165, 1.54) is 11.1 Å². The van der Waals surface area contributed by atoms with E-state index in [-0.39, 0.29) is 0 Å². The Labute approximate surface area is 138 Å². The van der Waals surface area contributed by atoms with Crippen LogP contribution in [-0.4, -0.2) is 11.1 Å². The summed E-state index contributed by atoms with van der Waals surface area (Å²) in [7, 11) is 0. The van der Waals surface area contributed by atoms with Gasteiger partial charge in [0.2, 0.25) is 0 Å². The van der Waals surface area contributed by atoms with E-state index in [4.69, 9.17) is 10.3 Å². The first-order chi connectivity index (χ1) is 11.0. The zero-order chi connectivity index (χ0) is 16.8. The zero-order valence-corrected chi connectivity index (χ0v) is 14.4. The second-order valence-corrected chi connectivity index (χ2v) is 5.86. The Morgan fingerprint density at radius 1 is 1.26 bits per heavy atom. The number of nitrogens with one attached hydrogen (secondary N) is 1. The Morgan fingerprint density at radius 3 is 2.43 bits per heavy atom. The van der Waals surface area contributed by atoms with E-state index in [1.54, 1.807) is 0 Å². The SMILES string of the molecule is CCc1cccc(CC)c1NC(N)=NCc1cc(C(C)C)no1. The minimum Gasteiger partial charge on any atom is -0.370 e. The lowest BCUT2D eigenvalue weighted by molar-refractivity contribution is 0.376. The number of hydrogen-bond acceptors (Lipinski definition) is 3. The van der Waals surface area contributed by atoms with Gasteiger partial charge in [-0.05, 0) is 29.9 Å². The van der Waals surface area contributed by atoms with Gasteiger partial charge >= 0.3 is 0 Å². The average molecular weight is 314 g/mol. The fraction of sp³-hybridized carbons (Fsp3) is 0.444. The van der Waals surface area contributed by atoms with Gasteiger partial charge in [0.15, 0.2) is 11.7 Å². The summed E-state index contributed by atoms with van der Waals surface area (Å²) in [5.41, 5.74) is 10.5. The molecule has 124 valence electrons. The zero-order valence-electron chi connectivity index (χ0n) is 14.4. The number of nitrogens with zero attached hydrogens (tertiary/aromatic N) is 2. The van der Waals surface area contributed by atoms with E-state index >= 15 is 0 Å². The number of guanidine groups is 1. The van der Waals surface area contributed by atoms with Crippen molar-refractivity contribution in [2.75, 3.05) is 5.32 Å². The van der Waals surface area contributed by atoms with Crippen LogP contribution in [-0.2, 0) is 19.4 Å². The van der Waals surface area contributed by atoms with Crippen molar-refractivity contribution in [2.45, 2.75) is 53.0 Å². The van der Waals surface area contributed by atoms with Crippen molar-refractivity contribution >= 4 is 11.6 Å². The predicted octanol–water partition coefficient (Wildman–Crippen LogP) is 3.85. The lowest BCUT2D eigenvalue weighted by atomic mass is 10.0. The quantitative estimate of drug-likeness (QED) is 0.627. The van der Waals surface area contributed by atoms with E-state index < -0.39 is 0 Å². The van der Waals surface area contributed by atoms with E-state index in [0.29, 0.717) is 18.4 Å². The van der Waals surface area contributed by atoms with Gasteiger partial charge in [-0.3, -0.25) is 0 Å². The first kappa shape index (κ1) is 17.1. The molecule has 5 heteroatoms. The molecule has 0 saturated carbocycles. The largest absolute Gasteiger partial charge is 0.370 e. The number of rotatable bonds is 6. The minimum absolute atomic E-state index is 0.343. The third-order valence-electron chi connectivity index (χ3n) is 3.83. The lowest BCUT2D eigenvalue weighted by Gasteiger charge is -2.14. The van der Waals surface area contributed by atoms with Crippen LogP contribution in [0, 0.1) is 0 Å². The molecule has 0 amide bonds. The van der Waals surface area contributed by atoms with Crippen LogP contribution < -0.4 is 11.1 Å². The molecule has 0 unspecified atom stereocenters. The summed E-state index contributed by atoms with van der Waals surface area (Å²) in [6.45, 7) is 8.81. The Hall–Kier alpha value is -2.30. The third kappa shape index (κ3) is 4.34. The maximum Gasteiger partial charge on any atom is 0.193 e. The summed E-state index contributed by atoms with van der Waals surface area (Å²) in [5.74, 6) is 1.46. The number of para-hydroxylation sites is 1. The van der Waals surface area contributed by atoms with Gasteiger partial charge in [0.25, 0.3) is 0 Å². The smallest absolute Gasteiger partial charge is 0.193 e. The fourth-order valence-electron chi connectivity index (χ4n) is 2.41. The molecule has 3 N–H and O–H groups in total. The Morgan fingerprint density at radius 2 is 1.91 bits per heavy atom. The highest BCUT2D eigenvalue weighted by Gasteiger charge is 2.09. The van der Waals surface area contributed by atoms with E-state index in [1.807, 2.05) is 6.07 Å². The molecule has 2 rings (SSSR count). The monoisotopic (exact) mass is 314 g/mol. The van der Waals surface area contributed by atoms with Gasteiger partial charge in [-0.15, -0.1) is 0 Å². The molecule has 1 aromatic carbocycles. The molecule has 0 spiro atoms. The van der Waals surface area contributed by atoms with Crippen molar-refractivity contribution < 1.29 is 4.52 Å². The Balaban J connectivity index is 2.10. The van der Waals surface area contributed by atoms with Gasteiger partial charge in [0.05, 0.1) is 5.69 Å². The van der Waals surface area contributed by atoms with Crippen molar-refractivity contribution in [3.8, 4) is 0 Å². The fourth-order valence-corrected chi connectivity index (χ4v) is 2.41. The number of aliphatic imine (C=N–C) groups is 1. The molecular weight excluding hydrogens is 288 g/mol. The number of anilines is 1. The molecule has 1 heterocycles. The van der Waals surface area contributed by atoms with E-state index in [2.05, 4.69) is 61.4 Å². The predicted molar refractivity (Wildman–Crippen MR) is 94.7 cm³/mol. The average Bonchev–Trinajstić information content (AvgIpc) is 3.02. The van der Waals surface area contributed by atoms with E-state index in [9.17, 15) is 0 Å². The van der Waals surface area contributed by atoms with Crippen LogP contribution in [0.15, 0.2) is 33.8 Å². The summed E-state index contributed by atoms with van der Waals surface area (Å²) >= 11 is 0. The molecule has 0 bridgehead atoms. The molecule has 0 aliphatic rings. The second-order valence-electron chi connectivity index (χ2n) is 5.86. The van der Waals surface area contributed by atoms with Crippen molar-refractivity contribution in [1.82, 2.24) is 5.16 Å². The maximum absolute atomic E-state index is 6.04. The first-order valence-corrected chi connectivity index (χ1v) is 8.18. The number of nitrogens with two attached hydrogens (primary N) is 1.